The van der Waals surface area contributed by atoms with Crippen LogP contribution in [0.2, 0.25) is 0 Å². The molecule has 122 valence electrons. The molecule has 1 unspecified atom stereocenters. The molecule has 0 aromatic heterocycles. The summed E-state index contributed by atoms with van der Waals surface area (Å²) in [5.74, 6) is 1.43. The van der Waals surface area contributed by atoms with Gasteiger partial charge in [0.05, 0.1) is 19.8 Å². The Labute approximate surface area is 129 Å². The molecule has 2 saturated heterocycles. The van der Waals surface area contributed by atoms with Crippen LogP contribution in [-0.4, -0.2) is 67.7 Å². The molecule has 21 heavy (non-hydrogen) atoms. The molecule has 0 saturated carbocycles. The van der Waals surface area contributed by atoms with E-state index >= 15 is 0 Å². The molecule has 2 heterocycles. The van der Waals surface area contributed by atoms with Crippen LogP contribution in [-0.2, 0) is 4.74 Å². The van der Waals surface area contributed by atoms with Gasteiger partial charge in [-0.1, -0.05) is 13.8 Å². The molecular weight excluding hydrogens is 264 g/mol. The zero-order valence-corrected chi connectivity index (χ0v) is 13.8. The predicted molar refractivity (Wildman–Crippen MR) is 87.5 cm³/mol. The highest BCUT2D eigenvalue weighted by atomic mass is 16.5. The lowest BCUT2D eigenvalue weighted by molar-refractivity contribution is 0.0142. The summed E-state index contributed by atoms with van der Waals surface area (Å²) in [5.41, 5.74) is 6.19. The number of nitrogens with two attached hydrogens (primary N) is 1. The van der Waals surface area contributed by atoms with E-state index in [0.717, 1.165) is 51.9 Å². The van der Waals surface area contributed by atoms with Crippen molar-refractivity contribution in [3.05, 3.63) is 0 Å². The van der Waals surface area contributed by atoms with Crippen LogP contribution in [0.25, 0.3) is 0 Å². The number of hydrogen-bond acceptors (Lipinski definition) is 3. The Morgan fingerprint density at radius 2 is 1.76 bits per heavy atom. The average molecular weight is 296 g/mol. The van der Waals surface area contributed by atoms with Crippen molar-refractivity contribution >= 4 is 5.96 Å². The molecule has 2 fully saturated rings. The standard InChI is InChI=1S/C16H32N4O/c1-14(2)12-15(19-8-10-21-11-9-19)13-18-16(17)20-6-4-3-5-7-20/h14-15H,3-13H2,1-2H3,(H2,17,18). The van der Waals surface area contributed by atoms with Crippen LogP contribution in [0.3, 0.4) is 0 Å². The van der Waals surface area contributed by atoms with Crippen molar-refractivity contribution in [2.45, 2.75) is 45.6 Å². The SMILES string of the molecule is CC(C)CC(CN=C(N)N1CCCCC1)N1CCOCC1. The first-order valence-corrected chi connectivity index (χ1v) is 8.53. The van der Waals surface area contributed by atoms with Gasteiger partial charge >= 0.3 is 0 Å². The number of ether oxygens (including phenoxy) is 1. The molecule has 0 aromatic carbocycles. The number of piperidine rings is 1. The van der Waals surface area contributed by atoms with Crippen LogP contribution in [0.1, 0.15) is 39.5 Å². The summed E-state index contributed by atoms with van der Waals surface area (Å²) in [7, 11) is 0. The van der Waals surface area contributed by atoms with Gasteiger partial charge in [-0.2, -0.15) is 0 Å². The molecule has 0 radical (unpaired) electrons. The van der Waals surface area contributed by atoms with Crippen LogP contribution < -0.4 is 5.73 Å². The highest BCUT2D eigenvalue weighted by Gasteiger charge is 2.22. The van der Waals surface area contributed by atoms with Gasteiger partial charge in [0.15, 0.2) is 5.96 Å². The van der Waals surface area contributed by atoms with Crippen LogP contribution in [0, 0.1) is 5.92 Å². The summed E-state index contributed by atoms with van der Waals surface area (Å²) in [4.78, 5) is 9.48. The molecule has 0 spiro atoms. The van der Waals surface area contributed by atoms with E-state index in [1.54, 1.807) is 0 Å². The van der Waals surface area contributed by atoms with E-state index in [1.807, 2.05) is 0 Å². The van der Waals surface area contributed by atoms with E-state index < -0.39 is 0 Å². The summed E-state index contributed by atoms with van der Waals surface area (Å²) in [6.45, 7) is 11.3. The smallest absolute Gasteiger partial charge is 0.191 e. The third-order valence-corrected chi connectivity index (χ3v) is 4.45. The maximum atomic E-state index is 6.19. The maximum Gasteiger partial charge on any atom is 0.191 e. The van der Waals surface area contributed by atoms with E-state index in [1.165, 1.54) is 25.7 Å². The van der Waals surface area contributed by atoms with E-state index in [4.69, 9.17) is 15.5 Å². The first-order chi connectivity index (χ1) is 10.2. The summed E-state index contributed by atoms with van der Waals surface area (Å²) in [5, 5.41) is 0. The van der Waals surface area contributed by atoms with Gasteiger partial charge in [0.25, 0.3) is 0 Å². The molecule has 2 rings (SSSR count). The van der Waals surface area contributed by atoms with Gasteiger partial charge < -0.3 is 15.4 Å². The Morgan fingerprint density at radius 1 is 1.10 bits per heavy atom. The second-order valence-electron chi connectivity index (χ2n) is 6.68. The second-order valence-corrected chi connectivity index (χ2v) is 6.68. The van der Waals surface area contributed by atoms with Crippen LogP contribution >= 0.6 is 0 Å². The van der Waals surface area contributed by atoms with Crippen molar-refractivity contribution in [2.24, 2.45) is 16.6 Å². The average Bonchev–Trinajstić information content (AvgIpc) is 2.52. The van der Waals surface area contributed by atoms with Gasteiger partial charge in [0.2, 0.25) is 0 Å². The van der Waals surface area contributed by atoms with E-state index in [9.17, 15) is 0 Å². The van der Waals surface area contributed by atoms with Crippen molar-refractivity contribution < 1.29 is 4.74 Å². The number of likely N-dealkylation sites (tertiary alicyclic amines) is 1. The molecule has 1 atom stereocenters. The number of guanidine groups is 1. The van der Waals surface area contributed by atoms with Crippen molar-refractivity contribution in [1.29, 1.82) is 0 Å². The minimum atomic E-state index is 0.497. The van der Waals surface area contributed by atoms with E-state index in [2.05, 4.69) is 23.6 Å². The third kappa shape index (κ3) is 5.47. The summed E-state index contributed by atoms with van der Waals surface area (Å²) in [6.07, 6.45) is 4.99. The number of morpholine rings is 1. The van der Waals surface area contributed by atoms with Gasteiger partial charge in [-0.3, -0.25) is 9.89 Å². The second kappa shape index (κ2) is 8.59. The molecule has 0 amide bonds. The Bertz CT molecular complexity index is 320. The predicted octanol–water partition coefficient (Wildman–Crippen LogP) is 1.53. The summed E-state index contributed by atoms with van der Waals surface area (Å²) in [6, 6.07) is 0.497. The highest BCUT2D eigenvalue weighted by Crippen LogP contribution is 2.14. The Balaban J connectivity index is 1.90. The molecule has 0 aliphatic carbocycles. The van der Waals surface area contributed by atoms with Gasteiger partial charge in [0.1, 0.15) is 0 Å². The van der Waals surface area contributed by atoms with Crippen LogP contribution in [0.4, 0.5) is 0 Å². The van der Waals surface area contributed by atoms with Gasteiger partial charge in [-0.05, 0) is 31.6 Å². The monoisotopic (exact) mass is 296 g/mol. The normalized spacial score (nSPS) is 23.6. The highest BCUT2D eigenvalue weighted by molar-refractivity contribution is 5.78. The van der Waals surface area contributed by atoms with Gasteiger partial charge in [0, 0.05) is 32.2 Å². The van der Waals surface area contributed by atoms with Crippen LogP contribution in [0.15, 0.2) is 4.99 Å². The Morgan fingerprint density at radius 3 is 2.38 bits per heavy atom. The number of nitrogens with zero attached hydrogens (tertiary/aromatic N) is 3. The lowest BCUT2D eigenvalue weighted by Crippen LogP contribution is -2.46. The summed E-state index contributed by atoms with van der Waals surface area (Å²) >= 11 is 0. The van der Waals surface area contributed by atoms with Crippen molar-refractivity contribution in [3.8, 4) is 0 Å². The molecule has 5 nitrogen and oxygen atoms in total. The largest absolute Gasteiger partial charge is 0.379 e. The molecular formula is C16H32N4O. The fraction of sp³-hybridized carbons (Fsp3) is 0.938. The van der Waals surface area contributed by atoms with Crippen LogP contribution in [0.5, 0.6) is 0 Å². The lowest BCUT2D eigenvalue weighted by atomic mass is 10.0. The van der Waals surface area contributed by atoms with Gasteiger partial charge in [-0.25, -0.2) is 0 Å². The third-order valence-electron chi connectivity index (χ3n) is 4.45. The summed E-state index contributed by atoms with van der Waals surface area (Å²) < 4.78 is 5.47. The van der Waals surface area contributed by atoms with E-state index in [0.29, 0.717) is 12.0 Å². The van der Waals surface area contributed by atoms with Gasteiger partial charge in [-0.15, -0.1) is 0 Å². The number of hydrogen-bond donors (Lipinski definition) is 1. The first kappa shape index (κ1) is 16.6. The molecule has 0 aromatic rings. The number of rotatable bonds is 5. The Kier molecular flexibility index (Phi) is 6.77. The van der Waals surface area contributed by atoms with E-state index in [-0.39, 0.29) is 0 Å². The fourth-order valence-electron chi connectivity index (χ4n) is 3.25. The minimum Gasteiger partial charge on any atom is -0.379 e. The molecule has 5 heteroatoms. The Hall–Kier alpha value is -0.810. The minimum absolute atomic E-state index is 0.497. The molecule has 0 bridgehead atoms. The first-order valence-electron chi connectivity index (χ1n) is 8.53. The molecule has 2 aliphatic heterocycles. The fourth-order valence-corrected chi connectivity index (χ4v) is 3.25. The van der Waals surface area contributed by atoms with Crippen molar-refractivity contribution in [3.63, 3.8) is 0 Å². The number of aliphatic imine (C=N–C) groups is 1. The quantitative estimate of drug-likeness (QED) is 0.617. The topological polar surface area (TPSA) is 54.1 Å². The molecule has 2 N–H and O–H groups in total. The van der Waals surface area contributed by atoms with Crippen molar-refractivity contribution in [1.82, 2.24) is 9.80 Å². The zero-order valence-electron chi connectivity index (χ0n) is 13.8. The zero-order chi connectivity index (χ0) is 15.1. The van der Waals surface area contributed by atoms with Crippen molar-refractivity contribution in [2.75, 3.05) is 45.9 Å². The molecule has 2 aliphatic rings. The maximum absolute atomic E-state index is 6.19. The lowest BCUT2D eigenvalue weighted by Gasteiger charge is -2.35.